The molecule has 11 nitrogen and oxygen atoms in total. The van der Waals surface area contributed by atoms with E-state index in [0.29, 0.717) is 19.3 Å². The summed E-state index contributed by atoms with van der Waals surface area (Å²) in [5.41, 5.74) is 0. The van der Waals surface area contributed by atoms with Gasteiger partial charge in [0.25, 0.3) is 0 Å². The van der Waals surface area contributed by atoms with Crippen molar-refractivity contribution in [1.82, 2.24) is 5.32 Å². The third-order valence-electron chi connectivity index (χ3n) is 14.3. The highest BCUT2D eigenvalue weighted by molar-refractivity contribution is 5.80. The largest absolute Gasteiger partial charge is 0.454 e. The zero-order valence-electron chi connectivity index (χ0n) is 49.1. The van der Waals surface area contributed by atoms with Crippen LogP contribution < -0.4 is 5.32 Å². The third-order valence-corrected chi connectivity index (χ3v) is 14.3. The first-order valence-corrected chi connectivity index (χ1v) is 31.4. The Morgan fingerprint density at radius 2 is 0.935 bits per heavy atom. The number of rotatable bonds is 52. The monoisotopic (exact) mass is 1080 g/mol. The fourth-order valence-electron chi connectivity index (χ4n) is 9.36. The molecule has 1 aliphatic rings. The van der Waals surface area contributed by atoms with Crippen LogP contribution in [0, 0.1) is 0 Å². The summed E-state index contributed by atoms with van der Waals surface area (Å²) < 4.78 is 17.6. The van der Waals surface area contributed by atoms with Crippen LogP contribution in [-0.2, 0) is 23.8 Å². The number of allylic oxidation sites excluding steroid dienone is 13. The highest BCUT2D eigenvalue weighted by Crippen LogP contribution is 2.26. The van der Waals surface area contributed by atoms with Crippen molar-refractivity contribution in [2.45, 2.75) is 307 Å². The quantitative estimate of drug-likeness (QED) is 0.0195. The smallest absolute Gasteiger partial charge is 0.306 e. The van der Waals surface area contributed by atoms with Gasteiger partial charge >= 0.3 is 5.97 Å². The summed E-state index contributed by atoms with van der Waals surface area (Å²) in [5.74, 6) is -1.21. The van der Waals surface area contributed by atoms with Gasteiger partial charge in [-0.05, 0) is 77.0 Å². The van der Waals surface area contributed by atoms with Gasteiger partial charge in [-0.15, -0.1) is 0 Å². The van der Waals surface area contributed by atoms with E-state index in [1.807, 2.05) is 6.08 Å². The number of unbranched alkanes of at least 4 members (excludes halogenated alkanes) is 26. The highest BCUT2D eigenvalue weighted by Gasteiger charge is 2.47. The molecule has 11 heteroatoms. The van der Waals surface area contributed by atoms with E-state index in [2.05, 4.69) is 99.0 Å². The van der Waals surface area contributed by atoms with Crippen LogP contribution in [0.4, 0.5) is 0 Å². The number of aliphatic hydroxyl groups is 5. The summed E-state index contributed by atoms with van der Waals surface area (Å²) in [4.78, 5) is 26.5. The first kappa shape index (κ1) is 71.9. The molecule has 6 N–H and O–H groups in total. The van der Waals surface area contributed by atoms with E-state index in [0.717, 1.165) is 116 Å². The van der Waals surface area contributed by atoms with Crippen LogP contribution in [0.1, 0.15) is 258 Å². The molecule has 0 spiro atoms. The van der Waals surface area contributed by atoms with Gasteiger partial charge in [-0.1, -0.05) is 260 Å². The lowest BCUT2D eigenvalue weighted by molar-refractivity contribution is -0.305. The van der Waals surface area contributed by atoms with E-state index in [9.17, 15) is 35.1 Å². The maximum Gasteiger partial charge on any atom is 0.306 e. The lowest BCUT2D eigenvalue weighted by Crippen LogP contribution is -2.61. The van der Waals surface area contributed by atoms with Crippen molar-refractivity contribution < 1.29 is 49.3 Å². The number of carbonyl (C=O) groups excluding carboxylic acids is 2. The van der Waals surface area contributed by atoms with Gasteiger partial charge in [-0.2, -0.15) is 0 Å². The molecule has 8 unspecified atom stereocenters. The summed E-state index contributed by atoms with van der Waals surface area (Å²) in [5, 5.41) is 56.9. The average molecular weight is 1080 g/mol. The second-order valence-electron chi connectivity index (χ2n) is 21.4. The molecular weight excluding hydrogens is 967 g/mol. The first-order valence-electron chi connectivity index (χ1n) is 31.4. The Morgan fingerprint density at radius 1 is 0.519 bits per heavy atom. The topological polar surface area (TPSA) is 175 Å². The molecule has 8 atom stereocenters. The predicted octanol–water partition coefficient (Wildman–Crippen LogP) is 14.9. The molecule has 0 aromatic rings. The average Bonchev–Trinajstić information content (AvgIpc) is 3.43. The lowest BCUT2D eigenvalue weighted by atomic mass is 9.99. The second kappa shape index (κ2) is 53.5. The first-order chi connectivity index (χ1) is 37.7. The minimum Gasteiger partial charge on any atom is -0.454 e. The van der Waals surface area contributed by atoms with E-state index >= 15 is 0 Å². The SMILES string of the molecule is CC/C=C\C/C=C\C/C=C\C/C=C\C/C=C\C/C=C\CCCCCCCCC(=O)OC1C(OCC(NC(=O)C(O)CCCCCCCCCCCCCC)C(O)/C=C/CCCCCCCCCCC)OC(CO)C(O)C1O. The van der Waals surface area contributed by atoms with Gasteiger partial charge in [0, 0.05) is 6.42 Å². The van der Waals surface area contributed by atoms with Crippen LogP contribution in [-0.4, -0.2) is 99.6 Å². The Hall–Kier alpha value is -3.16. The maximum atomic E-state index is 13.4. The van der Waals surface area contributed by atoms with Gasteiger partial charge in [-0.25, -0.2) is 0 Å². The molecule has 1 aliphatic heterocycles. The van der Waals surface area contributed by atoms with Crippen molar-refractivity contribution in [3.8, 4) is 0 Å². The zero-order valence-corrected chi connectivity index (χ0v) is 49.1. The summed E-state index contributed by atoms with van der Waals surface area (Å²) in [6, 6.07) is -1.03. The summed E-state index contributed by atoms with van der Waals surface area (Å²) >= 11 is 0. The van der Waals surface area contributed by atoms with Crippen LogP contribution in [0.5, 0.6) is 0 Å². The van der Waals surface area contributed by atoms with Gasteiger partial charge in [-0.3, -0.25) is 9.59 Å². The molecule has 77 heavy (non-hydrogen) atoms. The molecule has 0 aromatic carbocycles. The van der Waals surface area contributed by atoms with Crippen LogP contribution in [0.25, 0.3) is 0 Å². The number of aliphatic hydroxyl groups excluding tert-OH is 5. The minimum atomic E-state index is -1.62. The van der Waals surface area contributed by atoms with Crippen LogP contribution >= 0.6 is 0 Å². The maximum absolute atomic E-state index is 13.4. The fraction of sp³-hybridized carbons (Fsp3) is 0.758. The standard InChI is InChI=1S/C66H115NO10/c1-4-7-10-13-16-19-22-24-25-26-27-28-29-30-31-32-33-34-35-36-39-42-45-48-51-54-61(71)77-64-63(73)62(72)60(55-68)76-66(64)75-56-57(58(69)52-49-46-43-40-37-21-18-15-12-9-6-3)67-65(74)59(70)53-50-47-44-41-38-23-20-17-14-11-8-5-2/h7,10,16,19,24-25,27-28,30-31,33-34,49,52,57-60,62-64,66,68-70,72-73H,4-6,8-9,11-15,17-18,20-23,26,29,32,35-48,50-51,53-56H2,1-3H3,(H,67,74)/b10-7-,19-16-,25-24-,28-27-,31-30-,34-33-,52-49+. The Morgan fingerprint density at radius 3 is 1.40 bits per heavy atom. The Kier molecular flexibility index (Phi) is 49.9. The molecule has 0 aliphatic carbocycles. The molecule has 1 rings (SSSR count). The van der Waals surface area contributed by atoms with Gasteiger partial charge in [0.05, 0.1) is 25.4 Å². The number of nitrogens with one attached hydrogen (secondary N) is 1. The van der Waals surface area contributed by atoms with Crippen LogP contribution in [0.15, 0.2) is 85.1 Å². The van der Waals surface area contributed by atoms with Gasteiger partial charge < -0.3 is 45.1 Å². The normalized spacial score (nSPS) is 19.6. The van der Waals surface area contributed by atoms with Crippen molar-refractivity contribution in [1.29, 1.82) is 0 Å². The van der Waals surface area contributed by atoms with E-state index in [-0.39, 0.29) is 13.0 Å². The Bertz CT molecular complexity index is 1570. The molecule has 1 heterocycles. The third kappa shape index (κ3) is 41.5. The van der Waals surface area contributed by atoms with Crippen molar-refractivity contribution >= 4 is 11.9 Å². The number of hydrogen-bond acceptors (Lipinski definition) is 10. The number of hydrogen-bond donors (Lipinski definition) is 6. The molecule has 0 saturated carbocycles. The van der Waals surface area contributed by atoms with Crippen LogP contribution in [0.2, 0.25) is 0 Å². The van der Waals surface area contributed by atoms with Crippen LogP contribution in [0.3, 0.4) is 0 Å². The number of esters is 1. The van der Waals surface area contributed by atoms with E-state index < -0.39 is 67.4 Å². The number of carbonyl (C=O) groups is 2. The molecule has 444 valence electrons. The van der Waals surface area contributed by atoms with Gasteiger partial charge in [0.2, 0.25) is 5.91 Å². The Balaban J connectivity index is 2.62. The van der Waals surface area contributed by atoms with Gasteiger partial charge in [0.1, 0.15) is 24.4 Å². The molecule has 1 amide bonds. The zero-order chi connectivity index (χ0) is 56.1. The highest BCUT2D eigenvalue weighted by atomic mass is 16.7. The minimum absolute atomic E-state index is 0.103. The lowest BCUT2D eigenvalue weighted by Gasteiger charge is -2.41. The second-order valence-corrected chi connectivity index (χ2v) is 21.4. The van der Waals surface area contributed by atoms with E-state index in [4.69, 9.17) is 14.2 Å². The molecule has 1 fully saturated rings. The molecule has 0 radical (unpaired) electrons. The molecule has 0 aromatic heterocycles. The molecule has 0 bridgehead atoms. The number of ether oxygens (including phenoxy) is 3. The summed E-state index contributed by atoms with van der Waals surface area (Å²) in [7, 11) is 0. The molecule has 1 saturated heterocycles. The van der Waals surface area contributed by atoms with Crippen molar-refractivity contribution in [3.05, 3.63) is 85.1 Å². The summed E-state index contributed by atoms with van der Waals surface area (Å²) in [6.07, 6.45) is 59.1. The summed E-state index contributed by atoms with van der Waals surface area (Å²) in [6.45, 7) is 5.65. The van der Waals surface area contributed by atoms with Crippen molar-refractivity contribution in [3.63, 3.8) is 0 Å². The van der Waals surface area contributed by atoms with Crippen molar-refractivity contribution in [2.24, 2.45) is 0 Å². The molecular formula is C66H115NO10. The predicted molar refractivity (Wildman–Crippen MR) is 319 cm³/mol. The van der Waals surface area contributed by atoms with Gasteiger partial charge in [0.15, 0.2) is 12.4 Å². The number of amides is 1. The van der Waals surface area contributed by atoms with Crippen molar-refractivity contribution in [2.75, 3.05) is 13.2 Å². The van der Waals surface area contributed by atoms with E-state index in [1.54, 1.807) is 6.08 Å². The Labute approximate surface area is 470 Å². The van der Waals surface area contributed by atoms with E-state index in [1.165, 1.54) is 96.3 Å². The fourth-order valence-corrected chi connectivity index (χ4v) is 9.36.